The summed E-state index contributed by atoms with van der Waals surface area (Å²) in [4.78, 5) is 15.5. The Bertz CT molecular complexity index is 3680. The molecule has 0 bridgehead atoms. The van der Waals surface area contributed by atoms with Crippen molar-refractivity contribution in [1.29, 1.82) is 0 Å². The molecule has 304 valence electrons. The smallest absolute Gasteiger partial charge is 0.164 e. The second-order valence-corrected chi connectivity index (χ2v) is 16.3. The van der Waals surface area contributed by atoms with Crippen LogP contribution in [0.15, 0.2) is 241 Å². The van der Waals surface area contributed by atoms with Crippen molar-refractivity contribution in [3.8, 4) is 89.8 Å². The van der Waals surface area contributed by atoms with Crippen LogP contribution in [-0.4, -0.2) is 15.0 Å². The Kier molecular flexibility index (Phi) is 9.46. The highest BCUT2D eigenvalue weighted by molar-refractivity contribution is 6.08. The summed E-state index contributed by atoms with van der Waals surface area (Å²) in [6.07, 6.45) is 0. The van der Waals surface area contributed by atoms with Crippen LogP contribution in [0.2, 0.25) is 0 Å². The van der Waals surface area contributed by atoms with Gasteiger partial charge in [-0.25, -0.2) is 15.0 Å². The molecule has 2 heterocycles. The molecular formula is C61H39N3O. The molecule has 2 aromatic heterocycles. The number of hydrogen-bond donors (Lipinski definition) is 0. The van der Waals surface area contributed by atoms with Gasteiger partial charge in [0.15, 0.2) is 17.5 Å². The summed E-state index contributed by atoms with van der Waals surface area (Å²) in [5.74, 6) is 1.77. The lowest BCUT2D eigenvalue weighted by molar-refractivity contribution is 0.669. The number of hydrogen-bond acceptors (Lipinski definition) is 4. The minimum atomic E-state index is 0.576. The number of benzene rings is 10. The summed E-state index contributed by atoms with van der Waals surface area (Å²) in [6, 6.07) is 83.3. The van der Waals surface area contributed by atoms with Crippen LogP contribution in [-0.2, 0) is 0 Å². The Morgan fingerprint density at radius 3 is 1.28 bits per heavy atom. The highest BCUT2D eigenvalue weighted by atomic mass is 16.3. The Balaban J connectivity index is 1.06. The first-order valence-corrected chi connectivity index (χ1v) is 21.9. The standard InChI is InChI=1S/C61H39N3O/c1-5-18-41(19-6-1)52-39-53(57(44-22-9-3-10-23-44)58(45-24-11-4-12-25-45)56(52)43-20-7-2-8-21-43)42-30-32-46(33-31-42)59-62-60(48-34-29-40-17-13-14-26-47(40)37-48)64-61(63-59)49-35-36-51-50-27-15-16-28-54(50)65-55(51)38-49/h1-39H. The van der Waals surface area contributed by atoms with E-state index in [0.29, 0.717) is 17.5 Å². The van der Waals surface area contributed by atoms with Crippen LogP contribution in [0.3, 0.4) is 0 Å². The predicted molar refractivity (Wildman–Crippen MR) is 268 cm³/mol. The minimum Gasteiger partial charge on any atom is -0.456 e. The highest BCUT2D eigenvalue weighted by Gasteiger charge is 2.24. The van der Waals surface area contributed by atoms with Crippen LogP contribution in [0.5, 0.6) is 0 Å². The molecule has 65 heavy (non-hydrogen) atoms. The largest absolute Gasteiger partial charge is 0.456 e. The van der Waals surface area contributed by atoms with Gasteiger partial charge in [-0.15, -0.1) is 0 Å². The normalized spacial score (nSPS) is 11.4. The second kappa shape index (κ2) is 16.2. The van der Waals surface area contributed by atoms with Gasteiger partial charge >= 0.3 is 0 Å². The summed E-state index contributed by atoms with van der Waals surface area (Å²) in [7, 11) is 0. The van der Waals surface area contributed by atoms with Gasteiger partial charge in [-0.1, -0.05) is 206 Å². The average Bonchev–Trinajstić information content (AvgIpc) is 3.77. The number of furan rings is 1. The van der Waals surface area contributed by atoms with E-state index in [4.69, 9.17) is 19.4 Å². The summed E-state index contributed by atoms with van der Waals surface area (Å²) in [5.41, 5.74) is 15.9. The van der Waals surface area contributed by atoms with Crippen LogP contribution in [0.4, 0.5) is 0 Å². The first kappa shape index (κ1) is 38.0. The Hall–Kier alpha value is -8.73. The van der Waals surface area contributed by atoms with E-state index in [9.17, 15) is 0 Å². The highest BCUT2D eigenvalue weighted by Crippen LogP contribution is 2.50. The molecule has 10 aromatic carbocycles. The molecule has 12 aromatic rings. The van der Waals surface area contributed by atoms with E-state index in [1.165, 1.54) is 16.7 Å². The van der Waals surface area contributed by atoms with E-state index >= 15 is 0 Å². The zero-order valence-electron chi connectivity index (χ0n) is 35.3. The molecule has 0 spiro atoms. The zero-order valence-corrected chi connectivity index (χ0v) is 35.3. The molecule has 12 rings (SSSR count). The molecule has 0 saturated heterocycles. The second-order valence-electron chi connectivity index (χ2n) is 16.3. The van der Waals surface area contributed by atoms with Crippen molar-refractivity contribution >= 4 is 32.7 Å². The van der Waals surface area contributed by atoms with E-state index in [2.05, 4.69) is 212 Å². The lowest BCUT2D eigenvalue weighted by Crippen LogP contribution is -2.00. The first-order valence-electron chi connectivity index (χ1n) is 21.9. The maximum Gasteiger partial charge on any atom is 0.164 e. The van der Waals surface area contributed by atoms with Crippen LogP contribution in [0.25, 0.3) is 123 Å². The monoisotopic (exact) mass is 829 g/mol. The molecule has 0 radical (unpaired) electrons. The number of para-hydroxylation sites is 1. The first-order chi connectivity index (χ1) is 32.2. The quantitative estimate of drug-likeness (QED) is 0.153. The van der Waals surface area contributed by atoms with Crippen molar-refractivity contribution in [2.24, 2.45) is 0 Å². The van der Waals surface area contributed by atoms with E-state index < -0.39 is 0 Å². The number of nitrogens with zero attached hydrogens (tertiary/aromatic N) is 3. The Labute approximate surface area is 376 Å². The van der Waals surface area contributed by atoms with E-state index in [1.807, 2.05) is 24.3 Å². The summed E-state index contributed by atoms with van der Waals surface area (Å²) in [6.45, 7) is 0. The average molecular weight is 830 g/mol. The summed E-state index contributed by atoms with van der Waals surface area (Å²) >= 11 is 0. The zero-order chi connectivity index (χ0) is 43.1. The van der Waals surface area contributed by atoms with Gasteiger partial charge < -0.3 is 4.42 Å². The van der Waals surface area contributed by atoms with Crippen molar-refractivity contribution in [3.05, 3.63) is 237 Å². The maximum atomic E-state index is 6.32. The fourth-order valence-corrected chi connectivity index (χ4v) is 9.21. The van der Waals surface area contributed by atoms with Crippen LogP contribution >= 0.6 is 0 Å². The number of rotatable bonds is 8. The molecule has 0 atom stereocenters. The molecule has 0 fully saturated rings. The topological polar surface area (TPSA) is 51.8 Å². The van der Waals surface area contributed by atoms with Gasteiger partial charge in [0.05, 0.1) is 0 Å². The number of aromatic nitrogens is 3. The molecule has 0 aliphatic carbocycles. The van der Waals surface area contributed by atoms with Crippen molar-refractivity contribution in [3.63, 3.8) is 0 Å². The summed E-state index contributed by atoms with van der Waals surface area (Å²) in [5, 5.41) is 4.42. The van der Waals surface area contributed by atoms with E-state index in [0.717, 1.165) is 88.3 Å². The Morgan fingerprint density at radius 2 is 0.662 bits per heavy atom. The molecule has 0 unspecified atom stereocenters. The Morgan fingerprint density at radius 1 is 0.246 bits per heavy atom. The van der Waals surface area contributed by atoms with Gasteiger partial charge in [-0.05, 0) is 96.7 Å². The molecular weight excluding hydrogens is 791 g/mol. The van der Waals surface area contributed by atoms with Gasteiger partial charge in [0, 0.05) is 27.5 Å². The third kappa shape index (κ3) is 7.04. The molecule has 0 aliphatic heterocycles. The third-order valence-corrected chi connectivity index (χ3v) is 12.3. The van der Waals surface area contributed by atoms with E-state index in [1.54, 1.807) is 0 Å². The fourth-order valence-electron chi connectivity index (χ4n) is 9.21. The lowest BCUT2D eigenvalue weighted by atomic mass is 9.79. The van der Waals surface area contributed by atoms with Crippen molar-refractivity contribution in [2.75, 3.05) is 0 Å². The molecule has 0 saturated carbocycles. The van der Waals surface area contributed by atoms with Gasteiger partial charge in [-0.2, -0.15) is 0 Å². The third-order valence-electron chi connectivity index (χ3n) is 12.3. The van der Waals surface area contributed by atoms with Crippen molar-refractivity contribution in [1.82, 2.24) is 15.0 Å². The van der Waals surface area contributed by atoms with Crippen LogP contribution in [0.1, 0.15) is 0 Å². The molecule has 0 N–H and O–H groups in total. The fraction of sp³-hybridized carbons (Fsp3) is 0. The van der Waals surface area contributed by atoms with Gasteiger partial charge in [0.25, 0.3) is 0 Å². The number of fused-ring (bicyclic) bond motifs is 4. The minimum absolute atomic E-state index is 0.576. The van der Waals surface area contributed by atoms with Crippen molar-refractivity contribution in [2.45, 2.75) is 0 Å². The summed E-state index contributed by atoms with van der Waals surface area (Å²) < 4.78 is 6.32. The van der Waals surface area contributed by atoms with Crippen LogP contribution < -0.4 is 0 Å². The molecule has 0 amide bonds. The maximum absolute atomic E-state index is 6.32. The van der Waals surface area contributed by atoms with E-state index in [-0.39, 0.29) is 0 Å². The lowest BCUT2D eigenvalue weighted by Gasteiger charge is -2.24. The SMILES string of the molecule is c1ccc(-c2cc(-c3ccc(-c4nc(-c5ccc6ccccc6c5)nc(-c5ccc6c(c5)oc5ccccc56)n4)cc3)c(-c3ccccc3)c(-c3ccccc3)c2-c2ccccc2)cc1. The molecule has 0 aliphatic rings. The van der Waals surface area contributed by atoms with Crippen LogP contribution in [0, 0.1) is 0 Å². The van der Waals surface area contributed by atoms with Gasteiger partial charge in [0.1, 0.15) is 11.2 Å². The molecule has 4 nitrogen and oxygen atoms in total. The van der Waals surface area contributed by atoms with Gasteiger partial charge in [0.2, 0.25) is 0 Å². The van der Waals surface area contributed by atoms with Crippen molar-refractivity contribution < 1.29 is 4.42 Å². The predicted octanol–water partition coefficient (Wildman–Crippen LogP) is 16.3. The molecule has 4 heteroatoms. The van der Waals surface area contributed by atoms with Gasteiger partial charge in [-0.3, -0.25) is 0 Å².